The highest BCUT2D eigenvalue weighted by molar-refractivity contribution is 5.91. The zero-order valence-electron chi connectivity index (χ0n) is 15.8. The van der Waals surface area contributed by atoms with Crippen molar-refractivity contribution >= 4 is 22.8 Å². The number of anilines is 1. The maximum Gasteiger partial charge on any atom is 0.322 e. The molecule has 0 bridgehead atoms. The molecule has 2 aromatic carbocycles. The number of amides is 2. The fourth-order valence-electron chi connectivity index (χ4n) is 3.42. The molecule has 3 aromatic rings. The Morgan fingerprint density at radius 2 is 1.79 bits per heavy atom. The van der Waals surface area contributed by atoms with Crippen LogP contribution in [-0.4, -0.2) is 59.1 Å². The van der Waals surface area contributed by atoms with Gasteiger partial charge in [0.1, 0.15) is 5.75 Å². The van der Waals surface area contributed by atoms with Gasteiger partial charge in [0.05, 0.1) is 23.8 Å². The van der Waals surface area contributed by atoms with Gasteiger partial charge in [-0.3, -0.25) is 14.9 Å². The molecule has 0 aliphatic carbocycles. The highest BCUT2D eigenvalue weighted by Crippen LogP contribution is 2.23. The van der Waals surface area contributed by atoms with Crippen LogP contribution in [0.1, 0.15) is 5.56 Å². The molecule has 2 heterocycles. The number of ether oxygens (including phenoxy) is 1. The van der Waals surface area contributed by atoms with Gasteiger partial charge in [-0.05, 0) is 29.8 Å². The lowest BCUT2D eigenvalue weighted by atomic mass is 10.1. The van der Waals surface area contributed by atoms with Gasteiger partial charge < -0.3 is 15.0 Å². The lowest BCUT2D eigenvalue weighted by Gasteiger charge is -2.34. The van der Waals surface area contributed by atoms with Crippen LogP contribution >= 0.6 is 0 Å². The maximum atomic E-state index is 12.6. The Balaban J connectivity index is 1.33. The van der Waals surface area contributed by atoms with E-state index >= 15 is 0 Å². The van der Waals surface area contributed by atoms with Gasteiger partial charge in [0.2, 0.25) is 0 Å². The molecule has 1 aliphatic heterocycles. The molecule has 7 nitrogen and oxygen atoms in total. The Hall–Kier alpha value is -3.19. The van der Waals surface area contributed by atoms with Gasteiger partial charge in [-0.1, -0.05) is 18.2 Å². The fourth-order valence-corrected chi connectivity index (χ4v) is 3.42. The van der Waals surface area contributed by atoms with E-state index in [0.717, 1.165) is 30.7 Å². The second-order valence-corrected chi connectivity index (χ2v) is 6.77. The van der Waals surface area contributed by atoms with Crippen LogP contribution in [0.3, 0.4) is 0 Å². The van der Waals surface area contributed by atoms with Gasteiger partial charge in [0.15, 0.2) is 0 Å². The molecule has 2 amide bonds. The molecule has 28 heavy (non-hydrogen) atoms. The van der Waals surface area contributed by atoms with Gasteiger partial charge in [0, 0.05) is 45.1 Å². The third-order valence-corrected chi connectivity index (χ3v) is 4.95. The number of benzene rings is 2. The van der Waals surface area contributed by atoms with Crippen molar-refractivity contribution in [1.29, 1.82) is 0 Å². The SMILES string of the molecule is COc1ccccc1NC(=O)N1CCN(Cc2ccc3nccnc3c2)CC1. The minimum atomic E-state index is -0.0925. The number of nitrogens with zero attached hydrogens (tertiary/aromatic N) is 4. The standard InChI is InChI=1S/C21H23N5O2/c1-28-20-5-3-2-4-18(20)24-21(27)26-12-10-25(11-13-26)15-16-6-7-17-19(14-16)23-9-8-22-17/h2-9,14H,10-13,15H2,1H3,(H,24,27). The van der Waals surface area contributed by atoms with Crippen LogP contribution in [0.5, 0.6) is 5.75 Å². The number of para-hydroxylation sites is 2. The zero-order chi connectivity index (χ0) is 19.3. The number of carbonyl (C=O) groups is 1. The molecule has 0 radical (unpaired) electrons. The number of aromatic nitrogens is 2. The quantitative estimate of drug-likeness (QED) is 0.757. The zero-order valence-corrected chi connectivity index (χ0v) is 15.8. The Kier molecular flexibility index (Phi) is 5.34. The average molecular weight is 377 g/mol. The smallest absolute Gasteiger partial charge is 0.322 e. The van der Waals surface area contributed by atoms with Crippen LogP contribution in [0.15, 0.2) is 54.9 Å². The lowest BCUT2D eigenvalue weighted by molar-refractivity contribution is 0.143. The van der Waals surface area contributed by atoms with Crippen molar-refractivity contribution in [1.82, 2.24) is 19.8 Å². The van der Waals surface area contributed by atoms with Gasteiger partial charge in [-0.25, -0.2) is 4.79 Å². The van der Waals surface area contributed by atoms with Crippen molar-refractivity contribution in [2.45, 2.75) is 6.54 Å². The van der Waals surface area contributed by atoms with E-state index in [2.05, 4.69) is 32.3 Å². The Morgan fingerprint density at radius 1 is 1.04 bits per heavy atom. The number of urea groups is 1. The van der Waals surface area contributed by atoms with E-state index in [0.29, 0.717) is 24.5 Å². The molecule has 7 heteroatoms. The summed E-state index contributed by atoms with van der Waals surface area (Å²) < 4.78 is 5.30. The van der Waals surface area contributed by atoms with Crippen LogP contribution in [-0.2, 0) is 6.54 Å². The molecule has 1 N–H and O–H groups in total. The second kappa shape index (κ2) is 8.22. The summed E-state index contributed by atoms with van der Waals surface area (Å²) in [6, 6.07) is 13.5. The number of hydrogen-bond donors (Lipinski definition) is 1. The number of rotatable bonds is 4. The van der Waals surface area contributed by atoms with Crippen molar-refractivity contribution in [3.8, 4) is 5.75 Å². The largest absolute Gasteiger partial charge is 0.495 e. The predicted molar refractivity (Wildman–Crippen MR) is 108 cm³/mol. The molecule has 1 aliphatic rings. The normalized spacial score (nSPS) is 14.8. The molecule has 1 aromatic heterocycles. The van der Waals surface area contributed by atoms with Crippen LogP contribution in [0.25, 0.3) is 11.0 Å². The minimum absolute atomic E-state index is 0.0925. The van der Waals surface area contributed by atoms with E-state index in [1.807, 2.05) is 35.2 Å². The van der Waals surface area contributed by atoms with Crippen molar-refractivity contribution in [3.05, 3.63) is 60.4 Å². The van der Waals surface area contributed by atoms with Crippen molar-refractivity contribution < 1.29 is 9.53 Å². The number of carbonyl (C=O) groups excluding carboxylic acids is 1. The molecule has 144 valence electrons. The molecular weight excluding hydrogens is 354 g/mol. The van der Waals surface area contributed by atoms with E-state index < -0.39 is 0 Å². The molecular formula is C21H23N5O2. The topological polar surface area (TPSA) is 70.6 Å². The highest BCUT2D eigenvalue weighted by Gasteiger charge is 2.22. The number of nitrogens with one attached hydrogen (secondary N) is 1. The Morgan fingerprint density at radius 3 is 2.57 bits per heavy atom. The van der Waals surface area contributed by atoms with Crippen LogP contribution < -0.4 is 10.1 Å². The second-order valence-electron chi connectivity index (χ2n) is 6.77. The summed E-state index contributed by atoms with van der Waals surface area (Å²) in [6.07, 6.45) is 3.42. The molecule has 0 spiro atoms. The minimum Gasteiger partial charge on any atom is -0.495 e. The molecule has 0 atom stereocenters. The third kappa shape index (κ3) is 4.04. The number of piperazine rings is 1. The van der Waals surface area contributed by atoms with Crippen molar-refractivity contribution in [3.63, 3.8) is 0 Å². The van der Waals surface area contributed by atoms with Crippen molar-refractivity contribution in [2.75, 3.05) is 38.6 Å². The first-order valence-electron chi connectivity index (χ1n) is 9.34. The van der Waals surface area contributed by atoms with Crippen molar-refractivity contribution in [2.24, 2.45) is 0 Å². The van der Waals surface area contributed by atoms with Gasteiger partial charge in [-0.2, -0.15) is 0 Å². The summed E-state index contributed by atoms with van der Waals surface area (Å²) in [5.74, 6) is 0.661. The average Bonchev–Trinajstić information content (AvgIpc) is 2.74. The number of fused-ring (bicyclic) bond motifs is 1. The van der Waals surface area contributed by atoms with Crippen LogP contribution in [0.4, 0.5) is 10.5 Å². The Bertz CT molecular complexity index is 970. The van der Waals surface area contributed by atoms with E-state index in [-0.39, 0.29) is 6.03 Å². The first kappa shape index (κ1) is 18.2. The summed E-state index contributed by atoms with van der Waals surface area (Å²) in [5.41, 5.74) is 3.72. The first-order valence-corrected chi connectivity index (χ1v) is 9.34. The molecule has 1 saturated heterocycles. The van der Waals surface area contributed by atoms with E-state index in [4.69, 9.17) is 4.74 Å². The summed E-state index contributed by atoms with van der Waals surface area (Å²) in [4.78, 5) is 25.4. The van der Waals surface area contributed by atoms with E-state index in [9.17, 15) is 4.79 Å². The summed E-state index contributed by atoms with van der Waals surface area (Å²) >= 11 is 0. The summed E-state index contributed by atoms with van der Waals surface area (Å²) in [5, 5.41) is 2.94. The van der Waals surface area contributed by atoms with E-state index in [1.54, 1.807) is 19.5 Å². The monoisotopic (exact) mass is 377 g/mol. The summed E-state index contributed by atoms with van der Waals surface area (Å²) in [6.45, 7) is 3.88. The van der Waals surface area contributed by atoms with Gasteiger partial charge in [-0.15, -0.1) is 0 Å². The first-order chi connectivity index (χ1) is 13.7. The predicted octanol–water partition coefficient (Wildman–Crippen LogP) is 2.99. The van der Waals surface area contributed by atoms with Gasteiger partial charge in [0.25, 0.3) is 0 Å². The third-order valence-electron chi connectivity index (χ3n) is 4.95. The maximum absolute atomic E-state index is 12.6. The van der Waals surface area contributed by atoms with Gasteiger partial charge >= 0.3 is 6.03 Å². The molecule has 0 unspecified atom stereocenters. The Labute approximate surface area is 164 Å². The van der Waals surface area contributed by atoms with Crippen LogP contribution in [0.2, 0.25) is 0 Å². The van der Waals surface area contributed by atoms with Crippen LogP contribution in [0, 0.1) is 0 Å². The van der Waals surface area contributed by atoms with E-state index in [1.165, 1.54) is 5.56 Å². The molecule has 1 fully saturated rings. The number of methoxy groups -OCH3 is 1. The number of hydrogen-bond acceptors (Lipinski definition) is 5. The fraction of sp³-hybridized carbons (Fsp3) is 0.286. The highest BCUT2D eigenvalue weighted by atomic mass is 16.5. The summed E-state index contributed by atoms with van der Waals surface area (Å²) in [7, 11) is 1.60. The molecule has 4 rings (SSSR count). The lowest BCUT2D eigenvalue weighted by Crippen LogP contribution is -2.49. The molecule has 0 saturated carbocycles.